The Morgan fingerprint density at radius 2 is 2.18 bits per heavy atom. The molecule has 1 aromatic carbocycles. The molecule has 1 aliphatic rings. The van der Waals surface area contributed by atoms with E-state index in [1.807, 2.05) is 36.4 Å². The zero-order valence-corrected chi connectivity index (χ0v) is 9.75. The van der Waals surface area contributed by atoms with Crippen molar-refractivity contribution in [2.24, 2.45) is 5.92 Å². The van der Waals surface area contributed by atoms with E-state index in [0.717, 1.165) is 5.56 Å². The molecule has 0 aromatic heterocycles. The Morgan fingerprint density at radius 3 is 2.76 bits per heavy atom. The lowest BCUT2D eigenvalue weighted by Gasteiger charge is -2.20. The van der Waals surface area contributed by atoms with E-state index in [2.05, 4.69) is 6.58 Å². The fraction of sp³-hybridized carbons (Fsp3) is 0.357. The molecule has 1 unspecified atom stereocenters. The highest BCUT2D eigenvalue weighted by Crippen LogP contribution is 2.22. The largest absolute Gasteiger partial charge is 0.387 e. The van der Waals surface area contributed by atoms with Crippen LogP contribution in [0.3, 0.4) is 0 Å². The van der Waals surface area contributed by atoms with Gasteiger partial charge >= 0.3 is 0 Å². The van der Waals surface area contributed by atoms with E-state index in [1.165, 1.54) is 0 Å². The lowest BCUT2D eigenvalue weighted by Crippen LogP contribution is -2.30. The van der Waals surface area contributed by atoms with Crippen LogP contribution in [0.4, 0.5) is 0 Å². The molecular formula is C14H17NO2. The zero-order chi connectivity index (χ0) is 12.3. The summed E-state index contributed by atoms with van der Waals surface area (Å²) in [7, 11) is 0. The Labute approximate surface area is 101 Å². The number of likely N-dealkylation sites (tertiary alicyclic amines) is 1. The van der Waals surface area contributed by atoms with Gasteiger partial charge in [-0.3, -0.25) is 4.79 Å². The van der Waals surface area contributed by atoms with Crippen molar-refractivity contribution in [1.29, 1.82) is 0 Å². The first-order chi connectivity index (χ1) is 8.20. The summed E-state index contributed by atoms with van der Waals surface area (Å²) < 4.78 is 0. The molecule has 2 rings (SSSR count). The van der Waals surface area contributed by atoms with Crippen LogP contribution in [0, 0.1) is 5.92 Å². The Kier molecular flexibility index (Phi) is 3.59. The van der Waals surface area contributed by atoms with Crippen LogP contribution in [0.5, 0.6) is 0 Å². The summed E-state index contributed by atoms with van der Waals surface area (Å²) in [6, 6.07) is 9.42. The second kappa shape index (κ2) is 5.15. The normalized spacial score (nSPS) is 21.6. The number of β-amino-alcohol motifs (C(OH)–C–C–N with tert-alkyl or cyclic N) is 1. The summed E-state index contributed by atoms with van der Waals surface area (Å²) in [5, 5.41) is 10.0. The van der Waals surface area contributed by atoms with Gasteiger partial charge in [0.15, 0.2) is 0 Å². The van der Waals surface area contributed by atoms with E-state index in [1.54, 1.807) is 4.90 Å². The molecule has 0 aliphatic carbocycles. The number of carbonyl (C=O) groups is 1. The quantitative estimate of drug-likeness (QED) is 0.802. The van der Waals surface area contributed by atoms with Crippen LogP contribution in [0.2, 0.25) is 0 Å². The van der Waals surface area contributed by atoms with Crippen molar-refractivity contribution in [3.63, 3.8) is 0 Å². The number of amides is 1. The zero-order valence-electron chi connectivity index (χ0n) is 9.75. The van der Waals surface area contributed by atoms with Gasteiger partial charge in [-0.15, -0.1) is 6.58 Å². The van der Waals surface area contributed by atoms with Gasteiger partial charge in [-0.25, -0.2) is 0 Å². The minimum absolute atomic E-state index is 0.102. The molecular weight excluding hydrogens is 214 g/mol. The van der Waals surface area contributed by atoms with Crippen molar-refractivity contribution in [2.75, 3.05) is 13.1 Å². The standard InChI is InChI=1S/C14H17NO2/c1-2-11-8-14(17)15(9-11)10-13(16)12-6-4-3-5-7-12/h2-7,11,13,16H,1,8-10H2/t11?,13-/m1/s1. The van der Waals surface area contributed by atoms with Crippen LogP contribution in [0.25, 0.3) is 0 Å². The number of carbonyl (C=O) groups excluding carboxylic acids is 1. The summed E-state index contributed by atoms with van der Waals surface area (Å²) in [4.78, 5) is 13.4. The van der Waals surface area contributed by atoms with Gasteiger partial charge in [-0.05, 0) is 5.56 Å². The minimum Gasteiger partial charge on any atom is -0.387 e. The molecule has 90 valence electrons. The summed E-state index contributed by atoms with van der Waals surface area (Å²) in [5.41, 5.74) is 0.849. The van der Waals surface area contributed by atoms with Crippen molar-refractivity contribution in [3.8, 4) is 0 Å². The second-order valence-corrected chi connectivity index (χ2v) is 4.43. The lowest BCUT2D eigenvalue weighted by molar-refractivity contribution is -0.128. The Bertz CT molecular complexity index is 402. The van der Waals surface area contributed by atoms with E-state index in [0.29, 0.717) is 19.5 Å². The van der Waals surface area contributed by atoms with Gasteiger partial charge in [0, 0.05) is 18.9 Å². The third kappa shape index (κ3) is 2.74. The van der Waals surface area contributed by atoms with Crippen molar-refractivity contribution in [1.82, 2.24) is 4.90 Å². The number of hydrogen-bond acceptors (Lipinski definition) is 2. The molecule has 1 saturated heterocycles. The van der Waals surface area contributed by atoms with Crippen molar-refractivity contribution in [3.05, 3.63) is 48.6 Å². The highest BCUT2D eigenvalue weighted by atomic mass is 16.3. The van der Waals surface area contributed by atoms with Gasteiger partial charge in [0.1, 0.15) is 0 Å². The fourth-order valence-corrected chi connectivity index (χ4v) is 2.13. The molecule has 1 amide bonds. The third-order valence-corrected chi connectivity index (χ3v) is 3.16. The maximum Gasteiger partial charge on any atom is 0.223 e. The van der Waals surface area contributed by atoms with Gasteiger partial charge in [0.25, 0.3) is 0 Å². The number of aliphatic hydroxyl groups is 1. The molecule has 17 heavy (non-hydrogen) atoms. The summed E-state index contributed by atoms with van der Waals surface area (Å²) in [6.45, 7) is 4.75. The average molecular weight is 231 g/mol. The van der Waals surface area contributed by atoms with Crippen LogP contribution >= 0.6 is 0 Å². The number of hydrogen-bond donors (Lipinski definition) is 1. The topological polar surface area (TPSA) is 40.5 Å². The first-order valence-corrected chi connectivity index (χ1v) is 5.84. The van der Waals surface area contributed by atoms with Crippen molar-refractivity contribution >= 4 is 5.91 Å². The maximum absolute atomic E-state index is 11.7. The van der Waals surface area contributed by atoms with Crippen LogP contribution in [-0.2, 0) is 4.79 Å². The number of benzene rings is 1. The van der Waals surface area contributed by atoms with Crippen LogP contribution in [0.1, 0.15) is 18.1 Å². The van der Waals surface area contributed by atoms with E-state index < -0.39 is 6.10 Å². The molecule has 1 heterocycles. The molecule has 1 aliphatic heterocycles. The fourth-order valence-electron chi connectivity index (χ4n) is 2.13. The smallest absolute Gasteiger partial charge is 0.223 e. The summed E-state index contributed by atoms with van der Waals surface area (Å²) in [6.07, 6.45) is 1.72. The monoisotopic (exact) mass is 231 g/mol. The van der Waals surface area contributed by atoms with Crippen LogP contribution in [0.15, 0.2) is 43.0 Å². The van der Waals surface area contributed by atoms with Crippen molar-refractivity contribution in [2.45, 2.75) is 12.5 Å². The molecule has 0 radical (unpaired) electrons. The highest BCUT2D eigenvalue weighted by molar-refractivity contribution is 5.79. The number of aliphatic hydroxyl groups excluding tert-OH is 1. The number of nitrogens with zero attached hydrogens (tertiary/aromatic N) is 1. The molecule has 0 saturated carbocycles. The molecule has 3 heteroatoms. The summed E-state index contributed by atoms with van der Waals surface area (Å²) in [5.74, 6) is 0.329. The van der Waals surface area contributed by atoms with Gasteiger partial charge in [0.05, 0.1) is 12.6 Å². The van der Waals surface area contributed by atoms with Gasteiger partial charge < -0.3 is 10.0 Å². The first kappa shape index (κ1) is 11.9. The molecule has 0 bridgehead atoms. The van der Waals surface area contributed by atoms with E-state index >= 15 is 0 Å². The van der Waals surface area contributed by atoms with Crippen LogP contribution in [-0.4, -0.2) is 29.0 Å². The molecule has 2 atom stereocenters. The number of rotatable bonds is 4. The third-order valence-electron chi connectivity index (χ3n) is 3.16. The minimum atomic E-state index is -0.608. The summed E-state index contributed by atoms with van der Waals surface area (Å²) >= 11 is 0. The Hall–Kier alpha value is -1.61. The van der Waals surface area contributed by atoms with Crippen molar-refractivity contribution < 1.29 is 9.90 Å². The Balaban J connectivity index is 1.98. The Morgan fingerprint density at radius 1 is 1.47 bits per heavy atom. The molecule has 1 fully saturated rings. The van der Waals surface area contributed by atoms with Crippen LogP contribution < -0.4 is 0 Å². The maximum atomic E-state index is 11.7. The van der Waals surface area contributed by atoms with Gasteiger partial charge in [-0.2, -0.15) is 0 Å². The second-order valence-electron chi connectivity index (χ2n) is 4.43. The molecule has 0 spiro atoms. The predicted octanol–water partition coefficient (Wildman–Crippen LogP) is 1.75. The lowest BCUT2D eigenvalue weighted by atomic mass is 10.1. The van der Waals surface area contributed by atoms with E-state index in [4.69, 9.17) is 0 Å². The molecule has 3 nitrogen and oxygen atoms in total. The SMILES string of the molecule is C=CC1CC(=O)N(C[C@@H](O)c2ccccc2)C1. The highest BCUT2D eigenvalue weighted by Gasteiger charge is 2.29. The van der Waals surface area contributed by atoms with E-state index in [-0.39, 0.29) is 11.8 Å². The average Bonchev–Trinajstić information content (AvgIpc) is 2.71. The predicted molar refractivity (Wildman–Crippen MR) is 66.3 cm³/mol. The van der Waals surface area contributed by atoms with E-state index in [9.17, 15) is 9.90 Å². The first-order valence-electron chi connectivity index (χ1n) is 5.84. The molecule has 1 N–H and O–H groups in total. The van der Waals surface area contributed by atoms with Gasteiger partial charge in [0.2, 0.25) is 5.91 Å². The van der Waals surface area contributed by atoms with Gasteiger partial charge in [-0.1, -0.05) is 36.4 Å². The molecule has 1 aromatic rings.